The molecule has 4 nitrogen and oxygen atoms in total. The summed E-state index contributed by atoms with van der Waals surface area (Å²) in [7, 11) is 0. The van der Waals surface area contributed by atoms with E-state index in [-0.39, 0.29) is 0 Å². The second-order valence-electron chi connectivity index (χ2n) is 4.91. The Morgan fingerprint density at radius 2 is 1.67 bits per heavy atom. The Morgan fingerprint density at radius 1 is 1.00 bits per heavy atom. The van der Waals surface area contributed by atoms with E-state index in [0.717, 1.165) is 22.5 Å². The van der Waals surface area contributed by atoms with Crippen molar-refractivity contribution in [1.82, 2.24) is 14.8 Å². The van der Waals surface area contributed by atoms with Crippen LogP contribution in [0.3, 0.4) is 0 Å². The molecule has 0 amide bonds. The third-order valence-corrected chi connectivity index (χ3v) is 3.69. The molecule has 0 saturated carbocycles. The van der Waals surface area contributed by atoms with Crippen molar-refractivity contribution in [1.29, 1.82) is 0 Å². The maximum absolute atomic E-state index is 5.37. The molecule has 0 atom stereocenters. The van der Waals surface area contributed by atoms with Gasteiger partial charge in [0.15, 0.2) is 0 Å². The van der Waals surface area contributed by atoms with Crippen LogP contribution in [0.25, 0.3) is 5.69 Å². The number of nitrogens with one attached hydrogen (secondary N) is 2. The van der Waals surface area contributed by atoms with Crippen LogP contribution in [0.5, 0.6) is 0 Å². The fourth-order valence-electron chi connectivity index (χ4n) is 2.25. The first-order valence-corrected chi connectivity index (χ1v) is 7.14. The molecule has 1 aromatic heterocycles. The number of rotatable bonds is 3. The lowest BCUT2D eigenvalue weighted by Gasteiger charge is -2.12. The van der Waals surface area contributed by atoms with Crippen molar-refractivity contribution < 1.29 is 0 Å². The van der Waals surface area contributed by atoms with Crippen LogP contribution in [0.15, 0.2) is 48.5 Å². The normalized spacial score (nSPS) is 10.6. The van der Waals surface area contributed by atoms with Crippen molar-refractivity contribution in [2.45, 2.75) is 13.8 Å². The molecule has 0 saturated heterocycles. The van der Waals surface area contributed by atoms with Crippen LogP contribution in [0.1, 0.15) is 11.1 Å². The summed E-state index contributed by atoms with van der Waals surface area (Å²) >= 11 is 5.37. The summed E-state index contributed by atoms with van der Waals surface area (Å²) in [6.07, 6.45) is 0. The lowest BCUT2D eigenvalue weighted by atomic mass is 10.2. The number of hydrogen-bond donors (Lipinski definition) is 2. The van der Waals surface area contributed by atoms with Gasteiger partial charge in [-0.3, -0.25) is 4.57 Å². The predicted molar refractivity (Wildman–Crippen MR) is 87.9 cm³/mol. The lowest BCUT2D eigenvalue weighted by Crippen LogP contribution is -2.04. The highest BCUT2D eigenvalue weighted by atomic mass is 32.1. The van der Waals surface area contributed by atoms with E-state index in [1.807, 2.05) is 41.0 Å². The van der Waals surface area contributed by atoms with E-state index >= 15 is 0 Å². The van der Waals surface area contributed by atoms with Gasteiger partial charge < -0.3 is 5.32 Å². The molecule has 2 N–H and O–H groups in total. The third kappa shape index (κ3) is 2.60. The fourth-order valence-corrected chi connectivity index (χ4v) is 2.48. The standard InChI is InChI=1S/C16H16N4S/c1-11-7-3-5-9-13(11)17-15-18-19-16(21)20(15)14-10-6-4-8-12(14)2/h3-10H,1-2H3,(H,17,18)(H,19,21). The number of anilines is 2. The van der Waals surface area contributed by atoms with E-state index in [1.54, 1.807) is 0 Å². The highest BCUT2D eigenvalue weighted by Crippen LogP contribution is 2.23. The summed E-state index contributed by atoms with van der Waals surface area (Å²) < 4.78 is 2.48. The zero-order chi connectivity index (χ0) is 14.8. The fraction of sp³-hybridized carbons (Fsp3) is 0.125. The van der Waals surface area contributed by atoms with Crippen molar-refractivity contribution in [2.24, 2.45) is 0 Å². The molecule has 0 aliphatic carbocycles. The topological polar surface area (TPSA) is 45.6 Å². The first-order valence-electron chi connectivity index (χ1n) is 6.73. The summed E-state index contributed by atoms with van der Waals surface area (Å²) in [5, 5.41) is 10.5. The van der Waals surface area contributed by atoms with Crippen LogP contribution in [0, 0.1) is 18.6 Å². The number of aromatic nitrogens is 3. The molecular weight excluding hydrogens is 280 g/mol. The van der Waals surface area contributed by atoms with Crippen LogP contribution in [-0.4, -0.2) is 14.8 Å². The maximum atomic E-state index is 5.37. The molecule has 5 heteroatoms. The van der Waals surface area contributed by atoms with Crippen LogP contribution in [-0.2, 0) is 0 Å². The van der Waals surface area contributed by atoms with Gasteiger partial charge in [-0.2, -0.15) is 0 Å². The Labute approximate surface area is 128 Å². The Bertz CT molecular complexity index is 832. The highest BCUT2D eigenvalue weighted by Gasteiger charge is 2.10. The summed E-state index contributed by atoms with van der Waals surface area (Å²) in [6.45, 7) is 4.11. The van der Waals surface area contributed by atoms with Crippen LogP contribution < -0.4 is 5.32 Å². The quantitative estimate of drug-likeness (QED) is 0.709. The van der Waals surface area contributed by atoms with E-state index < -0.39 is 0 Å². The Balaban J connectivity index is 2.09. The smallest absolute Gasteiger partial charge is 0.232 e. The number of hydrogen-bond acceptors (Lipinski definition) is 3. The molecule has 0 aliphatic heterocycles. The van der Waals surface area contributed by atoms with Gasteiger partial charge in [0.25, 0.3) is 0 Å². The molecule has 3 aromatic rings. The third-order valence-electron chi connectivity index (χ3n) is 3.42. The zero-order valence-corrected chi connectivity index (χ0v) is 12.7. The first-order chi connectivity index (χ1) is 10.2. The van der Waals surface area contributed by atoms with E-state index in [4.69, 9.17) is 12.2 Å². The van der Waals surface area contributed by atoms with E-state index in [2.05, 4.69) is 41.5 Å². The van der Waals surface area contributed by atoms with Crippen molar-refractivity contribution in [3.63, 3.8) is 0 Å². The second kappa shape index (κ2) is 5.54. The molecular formula is C16H16N4S. The molecule has 1 heterocycles. The number of nitrogens with zero attached hydrogens (tertiary/aromatic N) is 2. The van der Waals surface area contributed by atoms with E-state index in [9.17, 15) is 0 Å². The lowest BCUT2D eigenvalue weighted by molar-refractivity contribution is 1.02. The molecule has 0 bridgehead atoms. The van der Waals surface area contributed by atoms with Crippen LogP contribution >= 0.6 is 12.2 Å². The predicted octanol–water partition coefficient (Wildman–Crippen LogP) is 4.29. The molecule has 106 valence electrons. The Morgan fingerprint density at radius 3 is 2.38 bits per heavy atom. The van der Waals surface area contributed by atoms with Gasteiger partial charge in [-0.1, -0.05) is 36.4 Å². The molecule has 0 aliphatic rings. The number of aromatic amines is 1. The molecule has 0 fully saturated rings. The van der Waals surface area contributed by atoms with Crippen LogP contribution in [0.2, 0.25) is 0 Å². The molecule has 0 radical (unpaired) electrons. The monoisotopic (exact) mass is 296 g/mol. The average Bonchev–Trinajstić information content (AvgIpc) is 2.83. The summed E-state index contributed by atoms with van der Waals surface area (Å²) in [5.74, 6) is 0.684. The summed E-state index contributed by atoms with van der Waals surface area (Å²) in [4.78, 5) is 0. The molecule has 2 aromatic carbocycles. The minimum absolute atomic E-state index is 0.570. The average molecular weight is 296 g/mol. The van der Waals surface area contributed by atoms with E-state index in [0.29, 0.717) is 10.7 Å². The number of para-hydroxylation sites is 2. The number of aryl methyl sites for hydroxylation is 2. The highest BCUT2D eigenvalue weighted by molar-refractivity contribution is 7.71. The second-order valence-corrected chi connectivity index (χ2v) is 5.30. The van der Waals surface area contributed by atoms with E-state index in [1.165, 1.54) is 0 Å². The molecule has 21 heavy (non-hydrogen) atoms. The van der Waals surface area contributed by atoms with Crippen molar-refractivity contribution >= 4 is 23.9 Å². The number of benzene rings is 2. The first kappa shape index (κ1) is 13.6. The maximum Gasteiger partial charge on any atom is 0.232 e. The minimum Gasteiger partial charge on any atom is -0.324 e. The summed E-state index contributed by atoms with van der Waals surface area (Å²) in [5.41, 5.74) is 4.33. The molecule has 0 spiro atoms. The zero-order valence-electron chi connectivity index (χ0n) is 11.9. The van der Waals surface area contributed by atoms with Gasteiger partial charge in [-0.05, 0) is 49.3 Å². The van der Waals surface area contributed by atoms with Gasteiger partial charge in [0.2, 0.25) is 10.7 Å². The Hall–Kier alpha value is -2.40. The van der Waals surface area contributed by atoms with Gasteiger partial charge in [0.05, 0.1) is 5.69 Å². The SMILES string of the molecule is Cc1ccccc1Nc1n[nH]c(=S)n1-c1ccccc1C. The Kier molecular flexibility index (Phi) is 3.58. The van der Waals surface area contributed by atoms with Crippen LogP contribution in [0.4, 0.5) is 11.6 Å². The molecule has 3 rings (SSSR count). The minimum atomic E-state index is 0.570. The van der Waals surface area contributed by atoms with Gasteiger partial charge >= 0.3 is 0 Å². The summed E-state index contributed by atoms with van der Waals surface area (Å²) in [6, 6.07) is 16.2. The van der Waals surface area contributed by atoms with Gasteiger partial charge in [0.1, 0.15) is 0 Å². The van der Waals surface area contributed by atoms with Gasteiger partial charge in [-0.25, -0.2) is 5.10 Å². The van der Waals surface area contributed by atoms with Crippen molar-refractivity contribution in [3.05, 3.63) is 64.4 Å². The van der Waals surface area contributed by atoms with Crippen molar-refractivity contribution in [2.75, 3.05) is 5.32 Å². The molecule has 0 unspecified atom stereocenters. The number of H-pyrrole nitrogens is 1. The largest absolute Gasteiger partial charge is 0.324 e. The van der Waals surface area contributed by atoms with Gasteiger partial charge in [0, 0.05) is 5.69 Å². The van der Waals surface area contributed by atoms with Gasteiger partial charge in [-0.15, -0.1) is 5.10 Å². The van der Waals surface area contributed by atoms with Crippen molar-refractivity contribution in [3.8, 4) is 5.69 Å².